The number of fused-ring (bicyclic) bond motifs is 1. The Bertz CT molecular complexity index is 815. The average molecular weight is 363 g/mol. The van der Waals surface area contributed by atoms with E-state index < -0.39 is 29.1 Å². The van der Waals surface area contributed by atoms with Crippen LogP contribution in [0.25, 0.3) is 0 Å². The van der Waals surface area contributed by atoms with Gasteiger partial charge in [0.25, 0.3) is 0 Å². The minimum Gasteiger partial charge on any atom is -0.545 e. The summed E-state index contributed by atoms with van der Waals surface area (Å²) in [5.41, 5.74) is 0.0656. The van der Waals surface area contributed by atoms with Crippen molar-refractivity contribution in [3.05, 3.63) is 64.7 Å². The van der Waals surface area contributed by atoms with Crippen molar-refractivity contribution in [3.63, 3.8) is 0 Å². The lowest BCUT2D eigenvalue weighted by molar-refractivity contribution is -0.255. The first kappa shape index (κ1) is 18.3. The van der Waals surface area contributed by atoms with Crippen LogP contribution >= 0.6 is 0 Å². The molecule has 138 valence electrons. The van der Waals surface area contributed by atoms with Crippen LogP contribution in [0.15, 0.2) is 42.5 Å². The molecule has 1 aliphatic rings. The number of aromatic carboxylic acids is 1. The van der Waals surface area contributed by atoms with Gasteiger partial charge in [0.05, 0.1) is 11.5 Å². The molecule has 0 heterocycles. The summed E-state index contributed by atoms with van der Waals surface area (Å²) in [7, 11) is 0. The van der Waals surface area contributed by atoms with Gasteiger partial charge in [-0.3, -0.25) is 0 Å². The van der Waals surface area contributed by atoms with Crippen LogP contribution in [0.3, 0.4) is 0 Å². The summed E-state index contributed by atoms with van der Waals surface area (Å²) in [6.07, 6.45) is -3.25. The number of rotatable bonds is 4. The minimum atomic E-state index is -4.64. The molecule has 1 aliphatic carbocycles. The molecule has 0 unspecified atom stereocenters. The van der Waals surface area contributed by atoms with Gasteiger partial charge in [-0.25, -0.2) is 0 Å². The highest BCUT2D eigenvalue weighted by atomic mass is 19.4. The molecule has 0 saturated carbocycles. The van der Waals surface area contributed by atoms with Crippen LogP contribution in [0, 0.1) is 5.92 Å². The number of ether oxygens (including phenoxy) is 1. The molecule has 26 heavy (non-hydrogen) atoms. The fourth-order valence-electron chi connectivity index (χ4n) is 3.39. The van der Waals surface area contributed by atoms with Gasteiger partial charge in [-0.05, 0) is 49.9 Å². The second-order valence-corrected chi connectivity index (χ2v) is 7.08. The second kappa shape index (κ2) is 6.34. The standard InChI is InChI=1S/C20H19F3O3/c1-19(2,15-9-12-5-3-4-6-13(12)10-15)26-17-11-14(18(24)25)7-8-16(17)20(21,22)23/h3-8,11,15H,9-10H2,1-2H3,(H,24,25)/p-1. The number of benzene rings is 2. The van der Waals surface area contributed by atoms with Gasteiger partial charge in [-0.1, -0.05) is 30.3 Å². The average Bonchev–Trinajstić information content (AvgIpc) is 2.98. The summed E-state index contributed by atoms with van der Waals surface area (Å²) < 4.78 is 45.7. The molecule has 0 N–H and O–H groups in total. The maximum absolute atomic E-state index is 13.3. The molecule has 0 bridgehead atoms. The van der Waals surface area contributed by atoms with Crippen LogP contribution in [0.5, 0.6) is 5.75 Å². The van der Waals surface area contributed by atoms with Gasteiger partial charge >= 0.3 is 6.18 Å². The number of carboxylic acid groups (broad SMARTS) is 1. The third-order valence-corrected chi connectivity index (χ3v) is 4.93. The molecule has 3 nitrogen and oxygen atoms in total. The summed E-state index contributed by atoms with van der Waals surface area (Å²) in [4.78, 5) is 11.0. The van der Waals surface area contributed by atoms with E-state index in [0.29, 0.717) is 12.8 Å². The van der Waals surface area contributed by atoms with Crippen LogP contribution in [0.1, 0.15) is 40.9 Å². The molecule has 0 aliphatic heterocycles. The zero-order valence-corrected chi connectivity index (χ0v) is 14.4. The van der Waals surface area contributed by atoms with Crippen LogP contribution in [0.4, 0.5) is 13.2 Å². The number of hydrogen-bond donors (Lipinski definition) is 0. The summed E-state index contributed by atoms with van der Waals surface area (Å²) in [5.74, 6) is -2.05. The van der Waals surface area contributed by atoms with E-state index in [4.69, 9.17) is 4.74 Å². The van der Waals surface area contributed by atoms with E-state index in [0.717, 1.165) is 29.3 Å². The molecule has 6 heteroatoms. The molecule has 2 aromatic carbocycles. The van der Waals surface area contributed by atoms with Crippen LogP contribution in [-0.4, -0.2) is 11.6 Å². The fraction of sp³-hybridized carbons (Fsp3) is 0.350. The maximum Gasteiger partial charge on any atom is 0.419 e. The normalized spacial score (nSPS) is 15.0. The van der Waals surface area contributed by atoms with E-state index >= 15 is 0 Å². The number of carbonyl (C=O) groups excluding carboxylic acids is 1. The Hall–Kier alpha value is -2.50. The highest BCUT2D eigenvalue weighted by Crippen LogP contribution is 2.41. The topological polar surface area (TPSA) is 49.4 Å². The third kappa shape index (κ3) is 3.54. The summed E-state index contributed by atoms with van der Waals surface area (Å²) in [6.45, 7) is 3.46. The predicted molar refractivity (Wildman–Crippen MR) is 87.8 cm³/mol. The van der Waals surface area contributed by atoms with Crippen molar-refractivity contribution in [1.29, 1.82) is 0 Å². The van der Waals surface area contributed by atoms with Gasteiger partial charge in [0.2, 0.25) is 0 Å². The van der Waals surface area contributed by atoms with E-state index in [1.807, 2.05) is 24.3 Å². The first-order valence-corrected chi connectivity index (χ1v) is 8.26. The van der Waals surface area contributed by atoms with Crippen LogP contribution in [0.2, 0.25) is 0 Å². The molecule has 0 aromatic heterocycles. The molecule has 2 aromatic rings. The minimum absolute atomic E-state index is 0.0207. The Morgan fingerprint density at radius 1 is 1.08 bits per heavy atom. The van der Waals surface area contributed by atoms with Gasteiger partial charge in [0, 0.05) is 11.5 Å². The molecular formula is C20H18F3O3-. The van der Waals surface area contributed by atoms with Crippen LogP contribution in [-0.2, 0) is 19.0 Å². The molecule has 3 rings (SSSR count). The number of alkyl halides is 3. The van der Waals surface area contributed by atoms with Gasteiger partial charge in [0.1, 0.15) is 11.4 Å². The number of hydrogen-bond acceptors (Lipinski definition) is 3. The van der Waals surface area contributed by atoms with E-state index in [2.05, 4.69) is 0 Å². The fourth-order valence-corrected chi connectivity index (χ4v) is 3.39. The molecule has 0 amide bonds. The first-order valence-electron chi connectivity index (χ1n) is 8.26. The smallest absolute Gasteiger partial charge is 0.419 e. The quantitative estimate of drug-likeness (QED) is 0.833. The molecular weight excluding hydrogens is 345 g/mol. The van der Waals surface area contributed by atoms with E-state index in [1.54, 1.807) is 13.8 Å². The summed E-state index contributed by atoms with van der Waals surface area (Å²) in [6, 6.07) is 10.4. The lowest BCUT2D eigenvalue weighted by Gasteiger charge is -2.34. The van der Waals surface area contributed by atoms with Crippen molar-refractivity contribution in [1.82, 2.24) is 0 Å². The van der Waals surface area contributed by atoms with Crippen molar-refractivity contribution in [2.24, 2.45) is 5.92 Å². The van der Waals surface area contributed by atoms with Crippen LogP contribution < -0.4 is 9.84 Å². The largest absolute Gasteiger partial charge is 0.545 e. The van der Waals surface area contributed by atoms with E-state index in [-0.39, 0.29) is 11.5 Å². The Morgan fingerprint density at radius 3 is 2.15 bits per heavy atom. The first-order chi connectivity index (χ1) is 12.1. The van der Waals surface area contributed by atoms with Crippen molar-refractivity contribution >= 4 is 5.97 Å². The van der Waals surface area contributed by atoms with Crippen molar-refractivity contribution in [2.45, 2.75) is 38.5 Å². The highest BCUT2D eigenvalue weighted by molar-refractivity contribution is 5.86. The van der Waals surface area contributed by atoms with E-state index in [9.17, 15) is 23.1 Å². The second-order valence-electron chi connectivity index (χ2n) is 7.08. The van der Waals surface area contributed by atoms with Gasteiger partial charge in [-0.2, -0.15) is 13.2 Å². The maximum atomic E-state index is 13.3. The van der Waals surface area contributed by atoms with Crippen molar-refractivity contribution < 1.29 is 27.8 Å². The Morgan fingerprint density at radius 2 is 1.65 bits per heavy atom. The number of carboxylic acids is 1. The molecule has 0 fully saturated rings. The number of carbonyl (C=O) groups is 1. The van der Waals surface area contributed by atoms with Gasteiger partial charge in [0.15, 0.2) is 0 Å². The lowest BCUT2D eigenvalue weighted by atomic mass is 9.88. The third-order valence-electron chi connectivity index (χ3n) is 4.93. The molecule has 0 radical (unpaired) electrons. The molecule has 0 saturated heterocycles. The summed E-state index contributed by atoms with van der Waals surface area (Å²) in [5, 5.41) is 11.0. The lowest BCUT2D eigenvalue weighted by Crippen LogP contribution is -2.39. The zero-order valence-electron chi connectivity index (χ0n) is 14.4. The Balaban J connectivity index is 1.92. The van der Waals surface area contributed by atoms with Crippen molar-refractivity contribution in [2.75, 3.05) is 0 Å². The monoisotopic (exact) mass is 363 g/mol. The van der Waals surface area contributed by atoms with Gasteiger partial charge < -0.3 is 14.6 Å². The summed E-state index contributed by atoms with van der Waals surface area (Å²) >= 11 is 0. The molecule has 0 spiro atoms. The Kier molecular flexibility index (Phi) is 4.46. The highest BCUT2D eigenvalue weighted by Gasteiger charge is 2.40. The predicted octanol–water partition coefficient (Wildman–Crippen LogP) is 3.64. The van der Waals surface area contributed by atoms with E-state index in [1.165, 1.54) is 0 Å². The molecule has 0 atom stereocenters. The van der Waals surface area contributed by atoms with Gasteiger partial charge in [-0.15, -0.1) is 0 Å². The zero-order chi connectivity index (χ0) is 19.1. The number of halogens is 3. The SMILES string of the molecule is CC(C)(Oc1cc(C(=O)[O-])ccc1C(F)(F)F)C1Cc2ccccc2C1. The van der Waals surface area contributed by atoms with Crippen molar-refractivity contribution in [3.8, 4) is 5.75 Å². The Labute approximate surface area is 149 Å².